The van der Waals surface area contributed by atoms with Crippen LogP contribution in [0.3, 0.4) is 0 Å². The Labute approximate surface area is 122 Å². The Morgan fingerprint density at radius 2 is 1.50 bits per heavy atom. The van der Waals surface area contributed by atoms with Gasteiger partial charge < -0.3 is 5.73 Å². The van der Waals surface area contributed by atoms with Crippen LogP contribution in [0.15, 0.2) is 60.7 Å². The zero-order valence-electron chi connectivity index (χ0n) is 12.3. The maximum Gasteiger partial charge on any atom is 0.0229 e. The average Bonchev–Trinajstić information content (AvgIpc) is 2.46. The minimum atomic E-state index is 0.142. The highest BCUT2D eigenvalue weighted by Crippen LogP contribution is 2.19. The molecule has 2 rings (SSSR count). The predicted molar refractivity (Wildman–Crippen MR) is 88.3 cm³/mol. The van der Waals surface area contributed by atoms with Crippen LogP contribution in [0, 0.1) is 5.92 Å². The van der Waals surface area contributed by atoms with Crippen LogP contribution in [-0.2, 0) is 0 Å². The first-order valence-electron chi connectivity index (χ1n) is 7.24. The molecule has 0 fully saturated rings. The molecule has 2 aromatic carbocycles. The van der Waals surface area contributed by atoms with Gasteiger partial charge in [-0.15, -0.1) is 0 Å². The predicted octanol–water partition coefficient (Wildman–Crippen LogP) is 4.74. The summed E-state index contributed by atoms with van der Waals surface area (Å²) in [7, 11) is 0. The Kier molecular flexibility index (Phi) is 5.14. The van der Waals surface area contributed by atoms with E-state index in [4.69, 9.17) is 5.73 Å². The standard InChI is InChI=1S/C19H23N/c1-15(2)14-19(20)13-10-16-8-11-18(12-9-16)17-6-4-3-5-7-17/h3-13,15,19H,14,20H2,1-2H3. The van der Waals surface area contributed by atoms with Gasteiger partial charge in [-0.05, 0) is 29.0 Å². The molecule has 1 nitrogen and oxygen atoms in total. The summed E-state index contributed by atoms with van der Waals surface area (Å²) >= 11 is 0. The maximum atomic E-state index is 6.06. The molecule has 0 spiro atoms. The highest BCUT2D eigenvalue weighted by atomic mass is 14.6. The quantitative estimate of drug-likeness (QED) is 0.830. The first-order chi connectivity index (χ1) is 9.65. The van der Waals surface area contributed by atoms with Gasteiger partial charge in [0, 0.05) is 6.04 Å². The monoisotopic (exact) mass is 265 g/mol. The molecule has 0 aliphatic carbocycles. The number of hydrogen-bond acceptors (Lipinski definition) is 1. The van der Waals surface area contributed by atoms with Crippen molar-refractivity contribution in [2.24, 2.45) is 11.7 Å². The van der Waals surface area contributed by atoms with Crippen molar-refractivity contribution in [2.75, 3.05) is 0 Å². The van der Waals surface area contributed by atoms with E-state index in [0.29, 0.717) is 5.92 Å². The van der Waals surface area contributed by atoms with Gasteiger partial charge in [0.15, 0.2) is 0 Å². The topological polar surface area (TPSA) is 26.0 Å². The molecule has 104 valence electrons. The molecule has 0 bridgehead atoms. The molecule has 1 unspecified atom stereocenters. The van der Waals surface area contributed by atoms with Gasteiger partial charge in [0.05, 0.1) is 0 Å². The average molecular weight is 265 g/mol. The van der Waals surface area contributed by atoms with E-state index in [1.807, 2.05) is 6.07 Å². The number of nitrogens with two attached hydrogens (primary N) is 1. The van der Waals surface area contributed by atoms with Gasteiger partial charge in [-0.25, -0.2) is 0 Å². The fraction of sp³-hybridized carbons (Fsp3) is 0.263. The first kappa shape index (κ1) is 14.5. The highest BCUT2D eigenvalue weighted by molar-refractivity contribution is 5.65. The van der Waals surface area contributed by atoms with Crippen LogP contribution in [0.4, 0.5) is 0 Å². The van der Waals surface area contributed by atoms with E-state index in [9.17, 15) is 0 Å². The van der Waals surface area contributed by atoms with Crippen molar-refractivity contribution in [3.05, 3.63) is 66.2 Å². The summed E-state index contributed by atoms with van der Waals surface area (Å²) in [6, 6.07) is 19.2. The molecule has 0 aromatic heterocycles. The molecule has 0 aliphatic rings. The molecular weight excluding hydrogens is 242 g/mol. The third-order valence-corrected chi connectivity index (χ3v) is 3.30. The lowest BCUT2D eigenvalue weighted by atomic mass is 10.0. The molecule has 2 N–H and O–H groups in total. The van der Waals surface area contributed by atoms with Crippen molar-refractivity contribution in [1.29, 1.82) is 0 Å². The lowest BCUT2D eigenvalue weighted by molar-refractivity contribution is 0.547. The summed E-state index contributed by atoms with van der Waals surface area (Å²) in [5.41, 5.74) is 9.75. The van der Waals surface area contributed by atoms with Gasteiger partial charge in [-0.3, -0.25) is 0 Å². The third kappa shape index (κ3) is 4.36. The molecule has 0 saturated heterocycles. The van der Waals surface area contributed by atoms with Crippen LogP contribution in [0.1, 0.15) is 25.8 Å². The fourth-order valence-electron chi connectivity index (χ4n) is 2.27. The summed E-state index contributed by atoms with van der Waals surface area (Å²) in [5, 5.41) is 0. The SMILES string of the molecule is CC(C)CC(N)C=Cc1ccc(-c2ccccc2)cc1. The van der Waals surface area contributed by atoms with E-state index in [1.54, 1.807) is 0 Å². The fourth-order valence-corrected chi connectivity index (χ4v) is 2.27. The first-order valence-corrected chi connectivity index (χ1v) is 7.24. The maximum absolute atomic E-state index is 6.06. The Balaban J connectivity index is 2.04. The van der Waals surface area contributed by atoms with Gasteiger partial charge >= 0.3 is 0 Å². The smallest absolute Gasteiger partial charge is 0.0229 e. The Hall–Kier alpha value is -1.86. The van der Waals surface area contributed by atoms with Crippen LogP contribution in [0.2, 0.25) is 0 Å². The molecule has 0 heterocycles. The van der Waals surface area contributed by atoms with E-state index >= 15 is 0 Å². The minimum Gasteiger partial charge on any atom is -0.324 e. The summed E-state index contributed by atoms with van der Waals surface area (Å²) in [6.45, 7) is 4.39. The van der Waals surface area contributed by atoms with Crippen LogP contribution in [0.25, 0.3) is 17.2 Å². The largest absolute Gasteiger partial charge is 0.324 e. The van der Waals surface area contributed by atoms with Gasteiger partial charge in [-0.2, -0.15) is 0 Å². The van der Waals surface area contributed by atoms with Crippen molar-refractivity contribution < 1.29 is 0 Å². The van der Waals surface area contributed by atoms with E-state index in [2.05, 4.69) is 74.5 Å². The second-order valence-electron chi connectivity index (χ2n) is 5.64. The molecule has 0 aliphatic heterocycles. The highest BCUT2D eigenvalue weighted by Gasteiger charge is 2.01. The second-order valence-corrected chi connectivity index (χ2v) is 5.64. The molecule has 1 atom stereocenters. The molecule has 0 amide bonds. The zero-order valence-corrected chi connectivity index (χ0v) is 12.3. The van der Waals surface area contributed by atoms with Gasteiger partial charge in [0.1, 0.15) is 0 Å². The zero-order chi connectivity index (χ0) is 14.4. The number of hydrogen-bond donors (Lipinski definition) is 1. The Bertz CT molecular complexity index is 538. The van der Waals surface area contributed by atoms with Gasteiger partial charge in [-0.1, -0.05) is 80.6 Å². The van der Waals surface area contributed by atoms with Crippen LogP contribution in [0.5, 0.6) is 0 Å². The molecule has 20 heavy (non-hydrogen) atoms. The molecular formula is C19H23N. The Morgan fingerprint density at radius 1 is 0.900 bits per heavy atom. The lowest BCUT2D eigenvalue weighted by Gasteiger charge is -2.09. The summed E-state index contributed by atoms with van der Waals surface area (Å²) < 4.78 is 0. The van der Waals surface area contributed by atoms with Gasteiger partial charge in [0.25, 0.3) is 0 Å². The number of benzene rings is 2. The van der Waals surface area contributed by atoms with Crippen molar-refractivity contribution >= 4 is 6.08 Å². The van der Waals surface area contributed by atoms with Crippen molar-refractivity contribution in [2.45, 2.75) is 26.3 Å². The number of rotatable bonds is 5. The molecule has 0 radical (unpaired) electrons. The van der Waals surface area contributed by atoms with Crippen LogP contribution >= 0.6 is 0 Å². The van der Waals surface area contributed by atoms with Crippen molar-refractivity contribution in [1.82, 2.24) is 0 Å². The van der Waals surface area contributed by atoms with E-state index in [1.165, 1.54) is 16.7 Å². The Morgan fingerprint density at radius 3 is 2.10 bits per heavy atom. The summed E-state index contributed by atoms with van der Waals surface area (Å²) in [6.07, 6.45) is 5.23. The minimum absolute atomic E-state index is 0.142. The second kappa shape index (κ2) is 7.06. The van der Waals surface area contributed by atoms with Crippen LogP contribution in [-0.4, -0.2) is 6.04 Å². The summed E-state index contributed by atoms with van der Waals surface area (Å²) in [5.74, 6) is 0.634. The van der Waals surface area contributed by atoms with Gasteiger partial charge in [0.2, 0.25) is 0 Å². The van der Waals surface area contributed by atoms with Crippen molar-refractivity contribution in [3.8, 4) is 11.1 Å². The van der Waals surface area contributed by atoms with Crippen molar-refractivity contribution in [3.63, 3.8) is 0 Å². The normalized spacial score (nSPS) is 13.0. The van der Waals surface area contributed by atoms with E-state index < -0.39 is 0 Å². The molecule has 0 saturated carbocycles. The molecule has 1 heteroatoms. The molecule has 2 aromatic rings. The van der Waals surface area contributed by atoms with Crippen LogP contribution < -0.4 is 5.73 Å². The van der Waals surface area contributed by atoms with E-state index in [-0.39, 0.29) is 6.04 Å². The lowest BCUT2D eigenvalue weighted by Crippen LogP contribution is -2.18. The summed E-state index contributed by atoms with van der Waals surface area (Å²) in [4.78, 5) is 0. The third-order valence-electron chi connectivity index (χ3n) is 3.30. The van der Waals surface area contributed by atoms with E-state index in [0.717, 1.165) is 6.42 Å².